The van der Waals surface area contributed by atoms with Crippen LogP contribution in [0, 0.1) is 45.3 Å². The number of carbonyl (C=O) groups excluding carboxylic acids is 8. The van der Waals surface area contributed by atoms with Gasteiger partial charge in [0.25, 0.3) is 0 Å². The zero-order valence-corrected chi connectivity index (χ0v) is 55.5. The first kappa shape index (κ1) is 76.8. The van der Waals surface area contributed by atoms with E-state index in [1.54, 1.807) is 41.5 Å². The molecule has 0 saturated heterocycles. The summed E-state index contributed by atoms with van der Waals surface area (Å²) in [4.78, 5) is 95.4. The lowest BCUT2D eigenvalue weighted by atomic mass is 9.76. The monoisotopic (exact) mass is 1150 g/mol. The average Bonchev–Trinajstić information content (AvgIpc) is 4.27. The van der Waals surface area contributed by atoms with Crippen molar-refractivity contribution in [2.45, 2.75) is 303 Å². The van der Waals surface area contributed by atoms with Gasteiger partial charge in [0.05, 0.1) is 21.7 Å². The highest BCUT2D eigenvalue weighted by atomic mass is 16.6. The summed E-state index contributed by atoms with van der Waals surface area (Å²) in [6, 6.07) is 0. The zero-order valence-electron chi connectivity index (χ0n) is 55.5. The zero-order chi connectivity index (χ0) is 63.2. The van der Waals surface area contributed by atoms with E-state index in [1.807, 2.05) is 125 Å². The van der Waals surface area contributed by atoms with Crippen LogP contribution in [-0.4, -0.2) is 95.6 Å². The van der Waals surface area contributed by atoms with Gasteiger partial charge < -0.3 is 37.9 Å². The minimum Gasteiger partial charge on any atom is -0.457 e. The Hall–Kier alpha value is -4.24. The SMILES string of the molecule is CCC(C)(C)C(=O)OC(C)(C)C(=O)OC(C)(C)C(C)C.CCC(C)(C)C(=O)OCC(=O)OC(C)(C)C1CC1.CCC(C)(C)C(=O)OCC(=O)OC(C)(C)C1CCCCC1.CCC(C)(C)C(=O)OCC(=O)OC(C)(CC)C1CCCCC1. The van der Waals surface area contributed by atoms with Gasteiger partial charge in [0.15, 0.2) is 19.8 Å². The molecule has 0 aromatic rings. The topological polar surface area (TPSA) is 210 Å². The molecule has 0 spiro atoms. The van der Waals surface area contributed by atoms with Crippen molar-refractivity contribution in [2.75, 3.05) is 19.8 Å². The Morgan fingerprint density at radius 3 is 0.938 bits per heavy atom. The average molecular weight is 1150 g/mol. The first-order valence-electron chi connectivity index (χ1n) is 30.5. The van der Waals surface area contributed by atoms with Gasteiger partial charge in [-0.3, -0.25) is 19.2 Å². The van der Waals surface area contributed by atoms with Crippen molar-refractivity contribution in [3.8, 4) is 0 Å². The van der Waals surface area contributed by atoms with Crippen molar-refractivity contribution in [1.82, 2.24) is 0 Å². The second-order valence-corrected chi connectivity index (χ2v) is 28.0. The highest BCUT2D eigenvalue weighted by Gasteiger charge is 2.44. The summed E-state index contributed by atoms with van der Waals surface area (Å²) in [6.07, 6.45) is 17.4. The van der Waals surface area contributed by atoms with Crippen LogP contribution in [0.15, 0.2) is 0 Å². The molecule has 1 atom stereocenters. The quantitative estimate of drug-likeness (QED) is 0.0614. The molecular weight excluding hydrogens is 1040 g/mol. The van der Waals surface area contributed by atoms with Crippen LogP contribution < -0.4 is 0 Å². The third kappa shape index (κ3) is 26.9. The molecule has 3 fully saturated rings. The summed E-state index contributed by atoms with van der Waals surface area (Å²) in [5.74, 6) is -1.87. The number of ether oxygens (including phenoxy) is 8. The normalized spacial score (nSPS) is 16.7. The van der Waals surface area contributed by atoms with Crippen LogP contribution in [0.3, 0.4) is 0 Å². The molecule has 0 N–H and O–H groups in total. The molecule has 16 nitrogen and oxygen atoms in total. The van der Waals surface area contributed by atoms with Crippen molar-refractivity contribution in [3.05, 3.63) is 0 Å². The maximum Gasteiger partial charge on any atom is 0.350 e. The van der Waals surface area contributed by atoms with E-state index in [1.165, 1.54) is 38.5 Å². The number of hydrogen-bond donors (Lipinski definition) is 0. The van der Waals surface area contributed by atoms with Gasteiger partial charge in [-0.2, -0.15) is 0 Å². The molecule has 0 bridgehead atoms. The molecule has 472 valence electrons. The maximum atomic E-state index is 12.2. The summed E-state index contributed by atoms with van der Waals surface area (Å²) < 4.78 is 42.7. The highest BCUT2D eigenvalue weighted by Crippen LogP contribution is 2.42. The largest absolute Gasteiger partial charge is 0.457 e. The molecule has 1 unspecified atom stereocenters. The van der Waals surface area contributed by atoms with Crippen molar-refractivity contribution < 1.29 is 76.3 Å². The minimum atomic E-state index is -1.28. The predicted molar refractivity (Wildman–Crippen MR) is 315 cm³/mol. The molecular formula is C65H116O16. The second kappa shape index (κ2) is 32.7. The van der Waals surface area contributed by atoms with Gasteiger partial charge >= 0.3 is 47.8 Å². The molecule has 3 rings (SSSR count). The molecule has 3 aliphatic carbocycles. The summed E-state index contributed by atoms with van der Waals surface area (Å²) >= 11 is 0. The lowest BCUT2D eigenvalue weighted by molar-refractivity contribution is -0.194. The Morgan fingerprint density at radius 1 is 0.346 bits per heavy atom. The van der Waals surface area contributed by atoms with Gasteiger partial charge in [0.2, 0.25) is 5.60 Å². The van der Waals surface area contributed by atoms with E-state index in [0.29, 0.717) is 43.4 Å². The van der Waals surface area contributed by atoms with E-state index in [-0.39, 0.29) is 49.6 Å². The first-order valence-corrected chi connectivity index (χ1v) is 30.5. The highest BCUT2D eigenvalue weighted by molar-refractivity contribution is 5.85. The molecule has 0 aliphatic heterocycles. The summed E-state index contributed by atoms with van der Waals surface area (Å²) in [6.45, 7) is 43.8. The predicted octanol–water partition coefficient (Wildman–Crippen LogP) is 14.5. The summed E-state index contributed by atoms with van der Waals surface area (Å²) in [7, 11) is 0. The third-order valence-corrected chi connectivity index (χ3v) is 17.7. The smallest absolute Gasteiger partial charge is 0.350 e. The van der Waals surface area contributed by atoms with Crippen LogP contribution in [0.4, 0.5) is 0 Å². The molecule has 3 saturated carbocycles. The Balaban J connectivity index is 0.00000106. The van der Waals surface area contributed by atoms with Gasteiger partial charge in [-0.15, -0.1) is 0 Å². The van der Waals surface area contributed by atoms with Crippen molar-refractivity contribution in [3.63, 3.8) is 0 Å². The van der Waals surface area contributed by atoms with Gasteiger partial charge in [-0.25, -0.2) is 19.2 Å². The molecule has 3 aliphatic rings. The van der Waals surface area contributed by atoms with E-state index in [9.17, 15) is 38.4 Å². The van der Waals surface area contributed by atoms with Crippen molar-refractivity contribution in [1.29, 1.82) is 0 Å². The Labute approximate surface area is 490 Å². The minimum absolute atomic E-state index is 0.171. The Kier molecular flexibility index (Phi) is 31.0. The van der Waals surface area contributed by atoms with Gasteiger partial charge in [0, 0.05) is 0 Å². The Bertz CT molecular complexity index is 2010. The molecule has 81 heavy (non-hydrogen) atoms. The van der Waals surface area contributed by atoms with E-state index in [2.05, 4.69) is 0 Å². The van der Waals surface area contributed by atoms with E-state index < -0.39 is 73.5 Å². The molecule has 16 heteroatoms. The maximum absolute atomic E-state index is 12.2. The number of esters is 8. The molecule has 0 aromatic carbocycles. The fourth-order valence-corrected chi connectivity index (χ4v) is 8.26. The van der Waals surface area contributed by atoms with Crippen LogP contribution in [0.5, 0.6) is 0 Å². The standard InChI is InChI=1S/C18H32O4.C17H30O4.C16H30O4.C14H24O4/c1-6-17(3,4)16(20)21-13-15(19)22-18(5,7-2)14-11-9-8-10-12-14;1-6-16(2,3)15(19)20-12-14(18)21-17(4,5)13-10-8-7-9-11-13;1-10-14(4,5)12(17)19-16(8,9)13(18)20-15(6,7)11(2)3;1-6-13(2,3)12(16)17-9-11(15)18-14(4,5)10-7-8-10/h14H,6-13H2,1-5H3;13H,6-12H2,1-5H3;11H,10H2,1-9H3;10H,6-9H2,1-5H3. The molecule has 0 amide bonds. The van der Waals surface area contributed by atoms with Crippen LogP contribution in [0.25, 0.3) is 0 Å². The Morgan fingerprint density at radius 2 is 0.642 bits per heavy atom. The van der Waals surface area contributed by atoms with Gasteiger partial charge in [-0.05, 0) is 212 Å². The summed E-state index contributed by atoms with van der Waals surface area (Å²) in [5, 5.41) is 0. The van der Waals surface area contributed by atoms with Crippen molar-refractivity contribution >= 4 is 47.8 Å². The number of rotatable bonds is 25. The van der Waals surface area contributed by atoms with Gasteiger partial charge in [0.1, 0.15) is 22.4 Å². The van der Waals surface area contributed by atoms with Crippen molar-refractivity contribution in [2.24, 2.45) is 45.3 Å². The summed E-state index contributed by atoms with van der Waals surface area (Å²) in [5.41, 5.74) is -5.51. The second-order valence-electron chi connectivity index (χ2n) is 28.0. The number of carbonyl (C=O) groups is 8. The van der Waals surface area contributed by atoms with Gasteiger partial charge in [-0.1, -0.05) is 87.0 Å². The van der Waals surface area contributed by atoms with Crippen LogP contribution >= 0.6 is 0 Å². The molecule has 0 radical (unpaired) electrons. The fraction of sp³-hybridized carbons (Fsp3) is 0.877. The van der Waals surface area contributed by atoms with E-state index in [0.717, 1.165) is 44.9 Å². The third-order valence-electron chi connectivity index (χ3n) is 17.7. The first-order chi connectivity index (χ1) is 36.9. The van der Waals surface area contributed by atoms with E-state index in [4.69, 9.17) is 37.9 Å². The van der Waals surface area contributed by atoms with Crippen LogP contribution in [0.2, 0.25) is 0 Å². The van der Waals surface area contributed by atoms with E-state index >= 15 is 0 Å². The number of hydrogen-bond acceptors (Lipinski definition) is 16. The van der Waals surface area contributed by atoms with Crippen LogP contribution in [-0.2, 0) is 76.3 Å². The lowest BCUT2D eigenvalue weighted by Crippen LogP contribution is -2.46. The lowest BCUT2D eigenvalue weighted by Gasteiger charge is -2.38. The molecule has 0 aromatic heterocycles. The fourth-order valence-electron chi connectivity index (χ4n) is 8.26. The molecule has 0 heterocycles. The van der Waals surface area contributed by atoms with Crippen LogP contribution in [0.1, 0.15) is 275 Å².